The minimum Gasteiger partial charge on any atom is -0.432 e. The van der Waals surface area contributed by atoms with Gasteiger partial charge >= 0.3 is 0 Å². The first-order valence-electron chi connectivity index (χ1n) is 15.1. The Bertz CT molecular complexity index is 1460. The summed E-state index contributed by atoms with van der Waals surface area (Å²) >= 11 is 0. The maximum absolute atomic E-state index is 11.9. The number of nitrogens with zero attached hydrogens (tertiary/aromatic N) is 4. The van der Waals surface area contributed by atoms with Crippen LogP contribution in [0, 0.1) is 5.92 Å². The van der Waals surface area contributed by atoms with Crippen LogP contribution in [-0.4, -0.2) is 58.4 Å². The number of hydrogen-bond donors (Lipinski definition) is 2. The van der Waals surface area contributed by atoms with E-state index in [1.807, 2.05) is 96.8 Å². The van der Waals surface area contributed by atoms with Crippen LogP contribution in [0.25, 0.3) is 0 Å². The molecule has 1 amide bonds. The highest BCUT2D eigenvalue weighted by molar-refractivity contribution is 6.71. The quantitative estimate of drug-likeness (QED) is 0.152. The van der Waals surface area contributed by atoms with Crippen LogP contribution in [0.3, 0.4) is 0 Å². The molecule has 9 heteroatoms. The molecule has 0 saturated carbocycles. The summed E-state index contributed by atoms with van der Waals surface area (Å²) in [7, 11) is -2.52. The van der Waals surface area contributed by atoms with E-state index in [4.69, 9.17) is 4.74 Å². The highest BCUT2D eigenvalue weighted by atomic mass is 28.4. The molecule has 3 aromatic carbocycles. The Balaban J connectivity index is 1.23. The van der Waals surface area contributed by atoms with Gasteiger partial charge in [0.05, 0.1) is 30.4 Å². The van der Waals surface area contributed by atoms with Gasteiger partial charge in [0.2, 0.25) is 6.41 Å². The van der Waals surface area contributed by atoms with Gasteiger partial charge < -0.3 is 14.6 Å². The standard InChI is InChI=1S/C34H42N4O4Si/c1-25-32(18-17-26-11-10-16-29(21-26)38(24-40)28-14-8-5-9-15-28)42-33(34(25)43(2,3)41)19-20-37-22-31(35-36-37)30(23-39)27-12-6-4-7-13-27/h4-16,21-22,24-25,30,32-34,39,41H,17-20,23H2,1-3H3/t25-,30?,32+,33-,34+/m1/s1. The Kier molecular flexibility index (Phi) is 9.87. The normalized spacial score (nSPS) is 21.0. The molecular weight excluding hydrogens is 556 g/mol. The average Bonchev–Trinajstić information content (AvgIpc) is 3.61. The van der Waals surface area contributed by atoms with Gasteiger partial charge in [0.15, 0.2) is 8.32 Å². The highest BCUT2D eigenvalue weighted by Gasteiger charge is 2.49. The van der Waals surface area contributed by atoms with Gasteiger partial charge in [0.1, 0.15) is 0 Å². The number of aliphatic hydroxyl groups is 1. The topological polar surface area (TPSA) is 101 Å². The highest BCUT2D eigenvalue weighted by Crippen LogP contribution is 2.45. The summed E-state index contributed by atoms with van der Waals surface area (Å²) in [5, 5.41) is 18.7. The van der Waals surface area contributed by atoms with Crippen LogP contribution in [0.5, 0.6) is 0 Å². The van der Waals surface area contributed by atoms with Crippen LogP contribution in [-0.2, 0) is 22.5 Å². The van der Waals surface area contributed by atoms with Crippen molar-refractivity contribution in [3.05, 3.63) is 108 Å². The lowest BCUT2D eigenvalue weighted by Gasteiger charge is -2.30. The summed E-state index contributed by atoms with van der Waals surface area (Å²) in [6, 6.07) is 27.6. The fraction of sp³-hybridized carbons (Fsp3) is 0.382. The summed E-state index contributed by atoms with van der Waals surface area (Å²) in [6.45, 7) is 6.80. The van der Waals surface area contributed by atoms with Crippen LogP contribution in [0.15, 0.2) is 91.1 Å². The predicted octanol–water partition coefficient (Wildman–Crippen LogP) is 5.69. The number of benzene rings is 3. The van der Waals surface area contributed by atoms with E-state index in [1.54, 1.807) is 4.90 Å². The molecule has 1 saturated heterocycles. The molecule has 4 aromatic rings. The lowest BCUT2D eigenvalue weighted by molar-refractivity contribution is -0.106. The van der Waals surface area contributed by atoms with E-state index < -0.39 is 8.32 Å². The van der Waals surface area contributed by atoms with E-state index in [-0.39, 0.29) is 36.2 Å². The fourth-order valence-electron chi connectivity index (χ4n) is 6.61. The van der Waals surface area contributed by atoms with Crippen molar-refractivity contribution in [1.29, 1.82) is 0 Å². The number of aromatic nitrogens is 3. The van der Waals surface area contributed by atoms with Gasteiger partial charge in [-0.15, -0.1) is 5.10 Å². The summed E-state index contributed by atoms with van der Waals surface area (Å²) in [6.07, 6.45) is 5.08. The third-order valence-corrected chi connectivity index (χ3v) is 11.2. The molecule has 43 heavy (non-hydrogen) atoms. The van der Waals surface area contributed by atoms with Crippen LogP contribution in [0.1, 0.15) is 42.5 Å². The molecule has 5 atom stereocenters. The van der Waals surface area contributed by atoms with Crippen molar-refractivity contribution in [1.82, 2.24) is 15.0 Å². The monoisotopic (exact) mass is 598 g/mol. The summed E-state index contributed by atoms with van der Waals surface area (Å²) in [4.78, 5) is 24.9. The number of ether oxygens (including phenoxy) is 1. The number of aliphatic hydroxyl groups excluding tert-OH is 1. The smallest absolute Gasteiger partial charge is 0.218 e. The molecule has 8 nitrogen and oxygen atoms in total. The zero-order chi connectivity index (χ0) is 30.4. The van der Waals surface area contributed by atoms with E-state index in [0.717, 1.165) is 53.9 Å². The van der Waals surface area contributed by atoms with Crippen LogP contribution < -0.4 is 4.90 Å². The number of anilines is 2. The first-order chi connectivity index (χ1) is 20.8. The molecule has 0 bridgehead atoms. The second-order valence-electron chi connectivity index (χ2n) is 12.1. The molecule has 0 spiro atoms. The van der Waals surface area contributed by atoms with Gasteiger partial charge in [-0.3, -0.25) is 14.4 Å². The number of aryl methyl sites for hydroxylation is 2. The summed E-state index contributed by atoms with van der Waals surface area (Å²) in [5.41, 5.74) is 4.65. The van der Waals surface area contributed by atoms with E-state index in [2.05, 4.69) is 29.4 Å². The summed E-state index contributed by atoms with van der Waals surface area (Å²) in [5.74, 6) is 0.00206. The molecule has 2 heterocycles. The van der Waals surface area contributed by atoms with Crippen molar-refractivity contribution < 1.29 is 19.4 Å². The molecule has 2 N–H and O–H groups in total. The van der Waals surface area contributed by atoms with Gasteiger partial charge in [0.25, 0.3) is 0 Å². The Morgan fingerprint density at radius 1 is 0.977 bits per heavy atom. The number of rotatable bonds is 13. The number of carbonyl (C=O) groups is 1. The largest absolute Gasteiger partial charge is 0.432 e. The van der Waals surface area contributed by atoms with Crippen molar-refractivity contribution in [2.75, 3.05) is 11.5 Å². The number of carbonyl (C=O) groups excluding carboxylic acids is 1. The number of para-hydroxylation sites is 1. The number of hydrogen-bond acceptors (Lipinski definition) is 6. The van der Waals surface area contributed by atoms with Crippen molar-refractivity contribution >= 4 is 26.1 Å². The zero-order valence-electron chi connectivity index (χ0n) is 25.2. The second-order valence-corrected chi connectivity index (χ2v) is 16.1. The van der Waals surface area contributed by atoms with Crippen LogP contribution >= 0.6 is 0 Å². The van der Waals surface area contributed by atoms with Gasteiger partial charge in [-0.2, -0.15) is 0 Å². The van der Waals surface area contributed by atoms with E-state index >= 15 is 0 Å². The average molecular weight is 599 g/mol. The second kappa shape index (κ2) is 13.8. The molecule has 1 unspecified atom stereocenters. The van der Waals surface area contributed by atoms with Crippen molar-refractivity contribution in [2.45, 2.75) is 69.5 Å². The third-order valence-electron chi connectivity index (χ3n) is 8.71. The Hall–Kier alpha value is -3.63. The Labute approximate surface area is 255 Å². The van der Waals surface area contributed by atoms with Crippen molar-refractivity contribution in [2.24, 2.45) is 5.92 Å². The molecule has 226 valence electrons. The molecular formula is C34H42N4O4Si. The maximum Gasteiger partial charge on any atom is 0.218 e. The molecule has 1 aliphatic heterocycles. The van der Waals surface area contributed by atoms with Crippen molar-refractivity contribution in [3.8, 4) is 0 Å². The van der Waals surface area contributed by atoms with Crippen LogP contribution in [0.4, 0.5) is 11.4 Å². The van der Waals surface area contributed by atoms with Gasteiger partial charge in [-0.25, -0.2) is 0 Å². The third kappa shape index (κ3) is 7.30. The fourth-order valence-corrected chi connectivity index (χ4v) is 9.26. The lowest BCUT2D eigenvalue weighted by Crippen LogP contribution is -2.40. The molecule has 1 fully saturated rings. The SMILES string of the molecule is C[C@H]1[C@H]([Si](C)(C)O)[C@@H](CCn2cc(C(CO)c3ccccc3)nn2)O[C@H]1CCc1cccc(N(C=O)c2ccccc2)c1. The predicted molar refractivity (Wildman–Crippen MR) is 171 cm³/mol. The molecule has 0 radical (unpaired) electrons. The van der Waals surface area contributed by atoms with Crippen molar-refractivity contribution in [3.63, 3.8) is 0 Å². The minimum absolute atomic E-state index is 0.0250. The zero-order valence-corrected chi connectivity index (χ0v) is 26.2. The maximum atomic E-state index is 11.9. The van der Waals surface area contributed by atoms with E-state index in [9.17, 15) is 14.7 Å². The summed E-state index contributed by atoms with van der Waals surface area (Å²) < 4.78 is 8.50. The first kappa shape index (κ1) is 30.8. The van der Waals surface area contributed by atoms with E-state index in [1.165, 1.54) is 0 Å². The van der Waals surface area contributed by atoms with Gasteiger partial charge in [0, 0.05) is 29.7 Å². The van der Waals surface area contributed by atoms with Crippen LogP contribution in [0.2, 0.25) is 18.6 Å². The molecule has 1 aliphatic rings. The minimum atomic E-state index is -2.52. The number of amides is 1. The Morgan fingerprint density at radius 3 is 2.35 bits per heavy atom. The van der Waals surface area contributed by atoms with Gasteiger partial charge in [-0.05, 0) is 73.7 Å². The molecule has 0 aliphatic carbocycles. The van der Waals surface area contributed by atoms with Gasteiger partial charge in [-0.1, -0.05) is 72.8 Å². The first-order valence-corrected chi connectivity index (χ1v) is 18.1. The van der Waals surface area contributed by atoms with E-state index in [0.29, 0.717) is 6.54 Å². The molecule has 5 rings (SSSR count). The Morgan fingerprint density at radius 2 is 1.67 bits per heavy atom. The molecule has 1 aromatic heterocycles. The lowest BCUT2D eigenvalue weighted by atomic mass is 9.95.